The van der Waals surface area contributed by atoms with E-state index in [1.807, 2.05) is 0 Å². The summed E-state index contributed by atoms with van der Waals surface area (Å²) in [5.41, 5.74) is -0.0206. The molecular weight excluding hydrogens is 419 g/mol. The lowest BCUT2D eigenvalue weighted by molar-refractivity contribution is -0.384. The van der Waals surface area contributed by atoms with Gasteiger partial charge in [0.25, 0.3) is 5.69 Å². The number of methoxy groups -OCH3 is 1. The largest absolute Gasteiger partial charge is 0.497 e. The van der Waals surface area contributed by atoms with Crippen molar-refractivity contribution in [2.24, 2.45) is 5.10 Å². The Morgan fingerprint density at radius 3 is 2.34 bits per heavy atom. The Morgan fingerprint density at radius 1 is 1.14 bits per heavy atom. The fourth-order valence-electron chi connectivity index (χ4n) is 1.99. The molecule has 0 radical (unpaired) electrons. The number of nitro groups is 1. The monoisotopic (exact) mass is 429 g/mol. The quantitative estimate of drug-likeness (QED) is 0.229. The minimum Gasteiger partial charge on any atom is -0.497 e. The van der Waals surface area contributed by atoms with Crippen LogP contribution in [0.25, 0.3) is 11.3 Å². The number of nitro benzene ring substituents is 1. The number of rotatable bonds is 7. The van der Waals surface area contributed by atoms with Crippen molar-refractivity contribution in [3.8, 4) is 17.1 Å². The zero-order valence-corrected chi connectivity index (χ0v) is 14.1. The number of halogens is 7. The van der Waals surface area contributed by atoms with Gasteiger partial charge in [0.1, 0.15) is 17.3 Å². The van der Waals surface area contributed by atoms with E-state index in [-0.39, 0.29) is 22.8 Å². The van der Waals surface area contributed by atoms with E-state index in [0.29, 0.717) is 11.6 Å². The molecule has 0 atom stereocenters. The van der Waals surface area contributed by atoms with E-state index >= 15 is 0 Å². The lowest BCUT2D eigenvalue weighted by atomic mass is 10.1. The maximum absolute atomic E-state index is 13.1. The summed E-state index contributed by atoms with van der Waals surface area (Å²) in [6.45, 7) is 0. The zero-order valence-electron chi connectivity index (χ0n) is 14.1. The molecule has 0 aliphatic carbocycles. The van der Waals surface area contributed by atoms with Crippen LogP contribution in [-0.4, -0.2) is 36.4 Å². The summed E-state index contributed by atoms with van der Waals surface area (Å²) in [4.78, 5) is 10.4. The molecule has 1 N–H and O–H groups in total. The molecule has 0 fully saturated rings. The van der Waals surface area contributed by atoms with E-state index in [9.17, 15) is 40.8 Å². The van der Waals surface area contributed by atoms with Crippen molar-refractivity contribution in [2.75, 3.05) is 7.11 Å². The maximum Gasteiger partial charge on any atom is 0.462 e. The number of alkyl halides is 7. The normalized spacial score (nSPS) is 13.0. The van der Waals surface area contributed by atoms with Crippen LogP contribution in [0.5, 0.6) is 5.75 Å². The Bertz CT molecular complexity index is 925. The van der Waals surface area contributed by atoms with Gasteiger partial charge in [0.2, 0.25) is 0 Å². The molecule has 0 spiro atoms. The van der Waals surface area contributed by atoms with Crippen LogP contribution in [0.1, 0.15) is 5.76 Å². The second kappa shape index (κ2) is 7.60. The van der Waals surface area contributed by atoms with E-state index in [1.54, 1.807) is 0 Å². The van der Waals surface area contributed by atoms with Crippen LogP contribution in [0, 0.1) is 10.1 Å². The second-order valence-electron chi connectivity index (χ2n) is 5.36. The first kappa shape index (κ1) is 22.0. The fourth-order valence-corrected chi connectivity index (χ4v) is 1.99. The molecule has 1 aromatic heterocycles. The number of ether oxygens (including phenoxy) is 1. The van der Waals surface area contributed by atoms with Crippen molar-refractivity contribution in [3.05, 3.63) is 46.2 Å². The van der Waals surface area contributed by atoms with Gasteiger partial charge in [0.05, 0.1) is 29.9 Å². The van der Waals surface area contributed by atoms with E-state index in [1.165, 1.54) is 25.3 Å². The maximum atomic E-state index is 13.1. The molecule has 0 saturated carbocycles. The van der Waals surface area contributed by atoms with Crippen molar-refractivity contribution in [1.82, 2.24) is 5.43 Å². The summed E-state index contributed by atoms with van der Waals surface area (Å²) in [6.07, 6.45) is -6.11. The Kier molecular flexibility index (Phi) is 5.76. The van der Waals surface area contributed by atoms with Gasteiger partial charge in [0.15, 0.2) is 0 Å². The Hall–Kier alpha value is -3.32. The minimum absolute atomic E-state index is 0.0302. The molecule has 2 aromatic rings. The Labute approximate surface area is 156 Å². The third-order valence-electron chi connectivity index (χ3n) is 3.44. The summed E-state index contributed by atoms with van der Waals surface area (Å²) in [5, 5.41) is 13.8. The highest BCUT2D eigenvalue weighted by atomic mass is 19.4. The molecule has 0 bridgehead atoms. The van der Waals surface area contributed by atoms with Crippen LogP contribution >= 0.6 is 0 Å². The molecule has 1 aromatic carbocycles. The molecule has 2 rings (SSSR count). The third-order valence-corrected chi connectivity index (χ3v) is 3.44. The average molecular weight is 429 g/mol. The third kappa shape index (κ3) is 4.41. The number of nitrogens with zero attached hydrogens (tertiary/aromatic N) is 2. The van der Waals surface area contributed by atoms with Gasteiger partial charge in [-0.15, -0.1) is 0 Å². The van der Waals surface area contributed by atoms with Crippen LogP contribution < -0.4 is 10.2 Å². The lowest BCUT2D eigenvalue weighted by Crippen LogP contribution is -2.58. The number of hydrogen-bond acceptors (Lipinski definition) is 6. The van der Waals surface area contributed by atoms with Crippen molar-refractivity contribution in [2.45, 2.75) is 18.1 Å². The highest BCUT2D eigenvalue weighted by Gasteiger charge is 2.73. The van der Waals surface area contributed by atoms with Gasteiger partial charge < -0.3 is 9.15 Å². The second-order valence-corrected chi connectivity index (χ2v) is 5.36. The molecule has 0 aliphatic rings. The predicted molar refractivity (Wildman–Crippen MR) is 84.0 cm³/mol. The van der Waals surface area contributed by atoms with Gasteiger partial charge in [-0.25, -0.2) is 5.43 Å². The van der Waals surface area contributed by atoms with Crippen LogP contribution in [0.3, 0.4) is 0 Å². The summed E-state index contributed by atoms with van der Waals surface area (Å²) in [5.74, 6) is -6.68. The van der Waals surface area contributed by atoms with Crippen LogP contribution in [0.2, 0.25) is 0 Å². The lowest BCUT2D eigenvalue weighted by Gasteiger charge is -2.27. The Morgan fingerprint density at radius 2 is 1.79 bits per heavy atom. The first-order valence-corrected chi connectivity index (χ1v) is 7.35. The van der Waals surface area contributed by atoms with Crippen molar-refractivity contribution >= 4 is 11.9 Å². The smallest absolute Gasteiger partial charge is 0.462 e. The number of nitrogens with one attached hydrogen (secondary N) is 1. The summed E-state index contributed by atoms with van der Waals surface area (Å²) < 4.78 is 97.7. The highest BCUT2D eigenvalue weighted by molar-refractivity contribution is 5.78. The minimum atomic E-state index is -6.51. The van der Waals surface area contributed by atoms with Crippen molar-refractivity contribution < 1.29 is 44.8 Å². The standard InChI is InChI=1S/C15H10F7N3O4/c1-28-8-2-4-10(11(6-8)25(26)27)12-5-3-9(29-12)7-23-24-15(21,22)13(16,17)14(18,19)20/h2-7,24H,1H3/b23-7-. The zero-order chi connectivity index (χ0) is 22.0. The summed E-state index contributed by atoms with van der Waals surface area (Å²) >= 11 is 0. The van der Waals surface area contributed by atoms with Crippen LogP contribution in [-0.2, 0) is 0 Å². The highest BCUT2D eigenvalue weighted by Crippen LogP contribution is 2.45. The first-order valence-electron chi connectivity index (χ1n) is 7.35. The van der Waals surface area contributed by atoms with E-state index < -0.39 is 28.8 Å². The van der Waals surface area contributed by atoms with Crippen LogP contribution in [0.4, 0.5) is 36.4 Å². The summed E-state index contributed by atoms with van der Waals surface area (Å²) in [7, 11) is 1.28. The Balaban J connectivity index is 2.23. The molecule has 7 nitrogen and oxygen atoms in total. The molecule has 0 unspecified atom stereocenters. The topological polar surface area (TPSA) is 89.9 Å². The average Bonchev–Trinajstić information content (AvgIpc) is 3.08. The molecule has 14 heteroatoms. The van der Waals surface area contributed by atoms with Gasteiger partial charge in [-0.3, -0.25) is 10.1 Å². The molecule has 29 heavy (non-hydrogen) atoms. The predicted octanol–water partition coefficient (Wildman–Crippen LogP) is 4.58. The van der Waals surface area contributed by atoms with Gasteiger partial charge in [0, 0.05) is 0 Å². The molecule has 0 amide bonds. The molecule has 1 heterocycles. The van der Waals surface area contributed by atoms with E-state index in [4.69, 9.17) is 9.15 Å². The van der Waals surface area contributed by atoms with E-state index in [0.717, 1.165) is 12.1 Å². The van der Waals surface area contributed by atoms with Crippen molar-refractivity contribution in [3.63, 3.8) is 0 Å². The van der Waals surface area contributed by atoms with Gasteiger partial charge >= 0.3 is 18.1 Å². The molecule has 0 saturated heterocycles. The number of hydrazone groups is 1. The molecule has 0 aliphatic heterocycles. The molecule has 158 valence electrons. The van der Waals surface area contributed by atoms with E-state index in [2.05, 4.69) is 5.10 Å². The summed E-state index contributed by atoms with van der Waals surface area (Å²) in [6, 6.07) is 0.263. The molecular formula is C15H10F7N3O4. The van der Waals surface area contributed by atoms with Crippen LogP contribution in [0.15, 0.2) is 39.9 Å². The van der Waals surface area contributed by atoms with Gasteiger partial charge in [-0.05, 0) is 24.3 Å². The number of furan rings is 1. The van der Waals surface area contributed by atoms with Gasteiger partial charge in [-0.2, -0.15) is 35.8 Å². The SMILES string of the molecule is COc1ccc(-c2ccc(/C=N\NC(F)(F)C(F)(F)C(F)(F)F)o2)c([N+](=O)[O-])c1. The van der Waals surface area contributed by atoms with Crippen molar-refractivity contribution in [1.29, 1.82) is 0 Å². The number of hydrogen-bond donors (Lipinski definition) is 1. The number of benzene rings is 1. The fraction of sp³-hybridized carbons (Fsp3) is 0.267. The first-order chi connectivity index (χ1) is 13.3. The van der Waals surface area contributed by atoms with Gasteiger partial charge in [-0.1, -0.05) is 0 Å².